The molecule has 1 N–H and O–H groups in total. The first-order valence-corrected chi connectivity index (χ1v) is 5.11. The van der Waals surface area contributed by atoms with E-state index in [1.165, 1.54) is 19.3 Å². The third-order valence-electron chi connectivity index (χ3n) is 2.73. The van der Waals surface area contributed by atoms with Crippen LogP contribution in [0.2, 0.25) is 0 Å². The lowest BCUT2D eigenvalue weighted by Crippen LogP contribution is -2.34. The molecule has 0 amide bonds. The average molecular weight is 192 g/mol. The van der Waals surface area contributed by atoms with Crippen LogP contribution in [0.3, 0.4) is 0 Å². The van der Waals surface area contributed by atoms with Crippen LogP contribution in [-0.4, -0.2) is 18.1 Å². The zero-order chi connectivity index (χ0) is 9.80. The van der Waals surface area contributed by atoms with Crippen molar-refractivity contribution < 1.29 is 4.74 Å². The molecule has 0 aliphatic heterocycles. The summed E-state index contributed by atoms with van der Waals surface area (Å²) < 4.78 is 5.18. The van der Waals surface area contributed by atoms with E-state index in [1.54, 1.807) is 13.3 Å². The topological polar surface area (TPSA) is 34.1 Å². The SMILES string of the molecule is COc1ncccc1CNC1CCC1. The van der Waals surface area contributed by atoms with Crippen molar-refractivity contribution >= 4 is 0 Å². The summed E-state index contributed by atoms with van der Waals surface area (Å²) in [5, 5.41) is 3.49. The molecule has 76 valence electrons. The van der Waals surface area contributed by atoms with E-state index in [9.17, 15) is 0 Å². The number of hydrogen-bond donors (Lipinski definition) is 1. The highest BCUT2D eigenvalue weighted by Crippen LogP contribution is 2.20. The summed E-state index contributed by atoms with van der Waals surface area (Å²) >= 11 is 0. The molecule has 3 nitrogen and oxygen atoms in total. The first-order chi connectivity index (χ1) is 6.90. The van der Waals surface area contributed by atoms with Crippen molar-refractivity contribution in [1.29, 1.82) is 0 Å². The van der Waals surface area contributed by atoms with Gasteiger partial charge in [0.05, 0.1) is 7.11 Å². The van der Waals surface area contributed by atoms with Crippen molar-refractivity contribution in [2.75, 3.05) is 7.11 Å². The minimum absolute atomic E-state index is 0.708. The molecule has 1 saturated carbocycles. The van der Waals surface area contributed by atoms with Gasteiger partial charge in [-0.05, 0) is 18.9 Å². The first kappa shape index (κ1) is 9.46. The van der Waals surface area contributed by atoms with Gasteiger partial charge in [-0.3, -0.25) is 0 Å². The van der Waals surface area contributed by atoms with E-state index in [-0.39, 0.29) is 0 Å². The second-order valence-electron chi connectivity index (χ2n) is 3.68. The van der Waals surface area contributed by atoms with Crippen molar-refractivity contribution in [1.82, 2.24) is 10.3 Å². The third-order valence-corrected chi connectivity index (χ3v) is 2.73. The predicted octanol–water partition coefficient (Wildman–Crippen LogP) is 1.73. The molecule has 2 rings (SSSR count). The number of pyridine rings is 1. The van der Waals surface area contributed by atoms with Crippen LogP contribution in [-0.2, 0) is 6.54 Å². The van der Waals surface area contributed by atoms with Crippen LogP contribution >= 0.6 is 0 Å². The highest BCUT2D eigenvalue weighted by molar-refractivity contribution is 5.25. The van der Waals surface area contributed by atoms with Crippen molar-refractivity contribution in [3.8, 4) is 5.88 Å². The zero-order valence-electron chi connectivity index (χ0n) is 8.49. The number of hydrogen-bond acceptors (Lipinski definition) is 3. The molecule has 0 radical (unpaired) electrons. The Morgan fingerprint density at radius 2 is 2.43 bits per heavy atom. The van der Waals surface area contributed by atoms with E-state index >= 15 is 0 Å². The second-order valence-corrected chi connectivity index (χ2v) is 3.68. The Morgan fingerprint density at radius 3 is 3.07 bits per heavy atom. The van der Waals surface area contributed by atoms with E-state index in [0.29, 0.717) is 6.04 Å². The number of nitrogens with one attached hydrogen (secondary N) is 1. The lowest BCUT2D eigenvalue weighted by Gasteiger charge is -2.26. The van der Waals surface area contributed by atoms with Crippen LogP contribution in [0, 0.1) is 0 Å². The van der Waals surface area contributed by atoms with Gasteiger partial charge in [0.1, 0.15) is 0 Å². The Labute approximate surface area is 84.5 Å². The maximum Gasteiger partial charge on any atom is 0.217 e. The van der Waals surface area contributed by atoms with Gasteiger partial charge in [-0.2, -0.15) is 0 Å². The summed E-state index contributed by atoms with van der Waals surface area (Å²) in [6, 6.07) is 4.71. The molecule has 1 heterocycles. The van der Waals surface area contributed by atoms with E-state index in [1.807, 2.05) is 6.07 Å². The minimum Gasteiger partial charge on any atom is -0.481 e. The number of methoxy groups -OCH3 is 1. The predicted molar refractivity (Wildman–Crippen MR) is 55.3 cm³/mol. The van der Waals surface area contributed by atoms with Crippen molar-refractivity contribution in [2.45, 2.75) is 31.8 Å². The molecule has 14 heavy (non-hydrogen) atoms. The fraction of sp³-hybridized carbons (Fsp3) is 0.545. The molecule has 1 fully saturated rings. The minimum atomic E-state index is 0.708. The summed E-state index contributed by atoms with van der Waals surface area (Å²) in [7, 11) is 1.66. The zero-order valence-corrected chi connectivity index (χ0v) is 8.49. The number of aromatic nitrogens is 1. The summed E-state index contributed by atoms with van der Waals surface area (Å²) in [4.78, 5) is 4.16. The first-order valence-electron chi connectivity index (χ1n) is 5.11. The highest BCUT2D eigenvalue weighted by atomic mass is 16.5. The molecular weight excluding hydrogens is 176 g/mol. The van der Waals surface area contributed by atoms with Crippen LogP contribution < -0.4 is 10.1 Å². The summed E-state index contributed by atoms with van der Waals surface area (Å²) in [6.07, 6.45) is 5.73. The summed E-state index contributed by atoms with van der Waals surface area (Å²) in [6.45, 7) is 0.863. The van der Waals surface area contributed by atoms with Crippen LogP contribution in [0.1, 0.15) is 24.8 Å². The lowest BCUT2D eigenvalue weighted by molar-refractivity contribution is 0.332. The molecule has 0 aromatic carbocycles. The van der Waals surface area contributed by atoms with E-state index < -0.39 is 0 Å². The van der Waals surface area contributed by atoms with Crippen LogP contribution in [0.25, 0.3) is 0 Å². The largest absolute Gasteiger partial charge is 0.481 e. The molecule has 0 atom stereocenters. The van der Waals surface area contributed by atoms with Gasteiger partial charge < -0.3 is 10.1 Å². The van der Waals surface area contributed by atoms with E-state index in [0.717, 1.165) is 18.0 Å². The van der Waals surface area contributed by atoms with Gasteiger partial charge >= 0.3 is 0 Å². The Morgan fingerprint density at radius 1 is 1.57 bits per heavy atom. The van der Waals surface area contributed by atoms with Crippen LogP contribution in [0.15, 0.2) is 18.3 Å². The van der Waals surface area contributed by atoms with Crippen molar-refractivity contribution in [3.05, 3.63) is 23.9 Å². The number of rotatable bonds is 4. The standard InChI is InChI=1S/C11H16N2O/c1-14-11-9(4-3-7-12-11)8-13-10-5-2-6-10/h3-4,7,10,13H,2,5-6,8H2,1H3. The maximum atomic E-state index is 5.18. The molecule has 0 unspecified atom stereocenters. The smallest absolute Gasteiger partial charge is 0.217 e. The van der Waals surface area contributed by atoms with Crippen molar-refractivity contribution in [3.63, 3.8) is 0 Å². The van der Waals surface area contributed by atoms with Gasteiger partial charge in [0.2, 0.25) is 5.88 Å². The Hall–Kier alpha value is -1.09. The van der Waals surface area contributed by atoms with Gasteiger partial charge in [0, 0.05) is 24.3 Å². The van der Waals surface area contributed by atoms with E-state index in [2.05, 4.69) is 16.4 Å². The maximum absolute atomic E-state index is 5.18. The fourth-order valence-corrected chi connectivity index (χ4v) is 1.61. The molecule has 1 aliphatic carbocycles. The molecule has 1 aromatic rings. The lowest BCUT2D eigenvalue weighted by atomic mass is 9.93. The van der Waals surface area contributed by atoms with Crippen LogP contribution in [0.4, 0.5) is 0 Å². The number of nitrogens with zero attached hydrogens (tertiary/aromatic N) is 1. The third kappa shape index (κ3) is 2.04. The second kappa shape index (κ2) is 4.42. The molecule has 0 bridgehead atoms. The van der Waals surface area contributed by atoms with Gasteiger partial charge in [0.25, 0.3) is 0 Å². The summed E-state index contributed by atoms with van der Waals surface area (Å²) in [5.74, 6) is 0.735. The molecule has 1 aromatic heterocycles. The Bertz CT molecular complexity index is 297. The Balaban J connectivity index is 1.93. The average Bonchev–Trinajstić information content (AvgIpc) is 2.16. The number of ether oxygens (including phenoxy) is 1. The van der Waals surface area contributed by atoms with Crippen LogP contribution in [0.5, 0.6) is 5.88 Å². The summed E-state index contributed by atoms with van der Waals surface area (Å²) in [5.41, 5.74) is 1.14. The fourth-order valence-electron chi connectivity index (χ4n) is 1.61. The molecule has 0 saturated heterocycles. The quantitative estimate of drug-likeness (QED) is 0.789. The van der Waals surface area contributed by atoms with Gasteiger partial charge in [-0.25, -0.2) is 4.98 Å². The highest BCUT2D eigenvalue weighted by Gasteiger charge is 2.16. The van der Waals surface area contributed by atoms with E-state index in [4.69, 9.17) is 4.74 Å². The molecule has 0 spiro atoms. The van der Waals surface area contributed by atoms with Gasteiger partial charge in [0.15, 0.2) is 0 Å². The Kier molecular flexibility index (Phi) is 2.99. The van der Waals surface area contributed by atoms with Gasteiger partial charge in [-0.1, -0.05) is 12.5 Å². The molecular formula is C11H16N2O. The molecule has 3 heteroatoms. The monoisotopic (exact) mass is 192 g/mol. The van der Waals surface area contributed by atoms with Crippen molar-refractivity contribution in [2.24, 2.45) is 0 Å². The normalized spacial score (nSPS) is 16.4. The molecule has 1 aliphatic rings. The van der Waals surface area contributed by atoms with Gasteiger partial charge in [-0.15, -0.1) is 0 Å².